The van der Waals surface area contributed by atoms with Crippen molar-refractivity contribution in [3.8, 4) is 0 Å². The number of esters is 1. The van der Waals surface area contributed by atoms with Crippen LogP contribution in [0.4, 0.5) is 0 Å². The Morgan fingerprint density at radius 2 is 2.00 bits per heavy atom. The van der Waals surface area contributed by atoms with Crippen LogP contribution in [-0.4, -0.2) is 36.4 Å². The minimum absolute atomic E-state index is 0.270. The van der Waals surface area contributed by atoms with E-state index in [9.17, 15) is 9.90 Å². The number of carbonyl (C=O) groups excluding carboxylic acids is 1. The van der Waals surface area contributed by atoms with Gasteiger partial charge < -0.3 is 15.2 Å². The van der Waals surface area contributed by atoms with Gasteiger partial charge in [-0.2, -0.15) is 0 Å². The lowest BCUT2D eigenvalue weighted by Crippen LogP contribution is -2.45. The third-order valence-electron chi connectivity index (χ3n) is 1.97. The monoisotopic (exact) mass is 217 g/mol. The number of methoxy groups -OCH3 is 1. The molecular formula is C11H23NO3. The Kier molecular flexibility index (Phi) is 5.83. The molecule has 4 nitrogen and oxygen atoms in total. The summed E-state index contributed by atoms with van der Waals surface area (Å²) >= 11 is 0. The second-order valence-corrected chi connectivity index (χ2v) is 4.90. The van der Waals surface area contributed by atoms with E-state index in [1.54, 1.807) is 13.8 Å². The Balaban J connectivity index is 4.19. The van der Waals surface area contributed by atoms with Crippen LogP contribution in [0.3, 0.4) is 0 Å². The van der Waals surface area contributed by atoms with Crippen molar-refractivity contribution in [2.24, 2.45) is 5.92 Å². The largest absolute Gasteiger partial charge is 0.468 e. The van der Waals surface area contributed by atoms with Crippen LogP contribution in [0.15, 0.2) is 0 Å². The van der Waals surface area contributed by atoms with Gasteiger partial charge in [0.05, 0.1) is 12.7 Å². The molecule has 0 aromatic carbocycles. The van der Waals surface area contributed by atoms with Crippen molar-refractivity contribution in [3.05, 3.63) is 0 Å². The van der Waals surface area contributed by atoms with E-state index < -0.39 is 5.60 Å². The van der Waals surface area contributed by atoms with Crippen LogP contribution in [0, 0.1) is 5.92 Å². The van der Waals surface area contributed by atoms with Crippen LogP contribution in [0.1, 0.15) is 34.1 Å². The summed E-state index contributed by atoms with van der Waals surface area (Å²) in [5.74, 6) is 0.136. The van der Waals surface area contributed by atoms with Gasteiger partial charge in [-0.1, -0.05) is 13.8 Å². The first-order valence-corrected chi connectivity index (χ1v) is 5.30. The van der Waals surface area contributed by atoms with Crippen molar-refractivity contribution < 1.29 is 14.6 Å². The zero-order valence-electron chi connectivity index (χ0n) is 10.3. The van der Waals surface area contributed by atoms with Gasteiger partial charge in [-0.15, -0.1) is 0 Å². The van der Waals surface area contributed by atoms with Gasteiger partial charge in [-0.3, -0.25) is 4.79 Å². The van der Waals surface area contributed by atoms with Gasteiger partial charge >= 0.3 is 5.97 Å². The van der Waals surface area contributed by atoms with Gasteiger partial charge in [0.2, 0.25) is 0 Å². The Bertz CT molecular complexity index is 196. The number of carbonyl (C=O) groups is 1. The van der Waals surface area contributed by atoms with E-state index in [0.717, 1.165) is 0 Å². The minimum atomic E-state index is -0.816. The molecule has 0 aliphatic rings. The van der Waals surface area contributed by atoms with Crippen molar-refractivity contribution in [3.63, 3.8) is 0 Å². The van der Waals surface area contributed by atoms with E-state index in [1.807, 2.05) is 13.8 Å². The summed E-state index contributed by atoms with van der Waals surface area (Å²) in [6, 6.07) is -0.332. The molecule has 1 atom stereocenters. The van der Waals surface area contributed by atoms with Gasteiger partial charge in [0, 0.05) is 6.54 Å². The number of rotatable bonds is 6. The quantitative estimate of drug-likeness (QED) is 0.650. The van der Waals surface area contributed by atoms with Gasteiger partial charge in [-0.25, -0.2) is 0 Å². The van der Waals surface area contributed by atoms with E-state index >= 15 is 0 Å². The molecule has 0 bridgehead atoms. The van der Waals surface area contributed by atoms with Gasteiger partial charge in [0.1, 0.15) is 6.04 Å². The van der Waals surface area contributed by atoms with Crippen LogP contribution in [0.5, 0.6) is 0 Å². The van der Waals surface area contributed by atoms with Crippen LogP contribution in [0.2, 0.25) is 0 Å². The summed E-state index contributed by atoms with van der Waals surface area (Å²) in [5, 5.41) is 12.6. The molecule has 0 amide bonds. The second kappa shape index (κ2) is 6.08. The highest BCUT2D eigenvalue weighted by Gasteiger charge is 2.22. The highest BCUT2D eigenvalue weighted by molar-refractivity contribution is 5.75. The van der Waals surface area contributed by atoms with Crippen molar-refractivity contribution in [2.45, 2.75) is 45.8 Å². The standard InChI is InChI=1S/C11H23NO3/c1-8(2)6-9(10(13)15-5)12-7-11(3,4)14/h8-9,12,14H,6-7H2,1-5H3. The first kappa shape index (κ1) is 14.4. The summed E-state index contributed by atoms with van der Waals surface area (Å²) < 4.78 is 4.70. The molecule has 0 fully saturated rings. The normalized spacial score (nSPS) is 14.1. The van der Waals surface area contributed by atoms with Crippen molar-refractivity contribution in [2.75, 3.05) is 13.7 Å². The highest BCUT2D eigenvalue weighted by atomic mass is 16.5. The van der Waals surface area contributed by atoms with Gasteiger partial charge in [0.25, 0.3) is 0 Å². The molecule has 0 saturated heterocycles. The number of nitrogens with one attached hydrogen (secondary N) is 1. The van der Waals surface area contributed by atoms with Crippen LogP contribution < -0.4 is 5.32 Å². The molecule has 0 spiro atoms. The van der Waals surface area contributed by atoms with Gasteiger partial charge in [-0.05, 0) is 26.2 Å². The van der Waals surface area contributed by atoms with Gasteiger partial charge in [0.15, 0.2) is 0 Å². The summed E-state index contributed by atoms with van der Waals surface area (Å²) in [6.07, 6.45) is 0.711. The molecule has 1 unspecified atom stereocenters. The molecule has 0 heterocycles. The molecule has 2 N–H and O–H groups in total. The van der Waals surface area contributed by atoms with E-state index in [2.05, 4.69) is 5.32 Å². The maximum absolute atomic E-state index is 11.4. The third-order valence-corrected chi connectivity index (χ3v) is 1.97. The summed E-state index contributed by atoms with van der Waals surface area (Å²) in [6.45, 7) is 7.86. The smallest absolute Gasteiger partial charge is 0.322 e. The predicted octanol–water partition coefficient (Wildman–Crippen LogP) is 0.935. The molecule has 0 aliphatic carbocycles. The topological polar surface area (TPSA) is 58.6 Å². The molecule has 15 heavy (non-hydrogen) atoms. The zero-order chi connectivity index (χ0) is 12.1. The molecule has 0 aromatic rings. The van der Waals surface area contributed by atoms with E-state index in [-0.39, 0.29) is 12.0 Å². The maximum Gasteiger partial charge on any atom is 0.322 e. The second-order valence-electron chi connectivity index (χ2n) is 4.90. The van der Waals surface area contributed by atoms with Crippen LogP contribution in [-0.2, 0) is 9.53 Å². The Morgan fingerprint density at radius 3 is 2.33 bits per heavy atom. The Morgan fingerprint density at radius 1 is 1.47 bits per heavy atom. The first-order chi connectivity index (χ1) is 6.76. The lowest BCUT2D eigenvalue weighted by Gasteiger charge is -2.23. The number of aliphatic hydroxyl groups is 1. The lowest BCUT2D eigenvalue weighted by molar-refractivity contribution is -0.143. The number of hydrogen-bond donors (Lipinski definition) is 2. The summed E-state index contributed by atoms with van der Waals surface area (Å²) in [4.78, 5) is 11.4. The third kappa shape index (κ3) is 7.33. The zero-order valence-corrected chi connectivity index (χ0v) is 10.3. The number of hydrogen-bond acceptors (Lipinski definition) is 4. The van der Waals surface area contributed by atoms with Crippen molar-refractivity contribution in [1.29, 1.82) is 0 Å². The molecule has 0 radical (unpaired) electrons. The molecule has 0 saturated carbocycles. The summed E-state index contributed by atoms with van der Waals surface area (Å²) in [5.41, 5.74) is -0.816. The molecule has 90 valence electrons. The SMILES string of the molecule is COC(=O)C(CC(C)C)NCC(C)(C)O. The predicted molar refractivity (Wildman–Crippen MR) is 59.6 cm³/mol. The van der Waals surface area contributed by atoms with Crippen LogP contribution in [0.25, 0.3) is 0 Å². The van der Waals surface area contributed by atoms with Crippen LogP contribution >= 0.6 is 0 Å². The van der Waals surface area contributed by atoms with E-state index in [0.29, 0.717) is 18.9 Å². The maximum atomic E-state index is 11.4. The molecule has 0 rings (SSSR count). The number of ether oxygens (including phenoxy) is 1. The first-order valence-electron chi connectivity index (χ1n) is 5.30. The molecular weight excluding hydrogens is 194 g/mol. The summed E-state index contributed by atoms with van der Waals surface area (Å²) in [7, 11) is 1.38. The Hall–Kier alpha value is -0.610. The Labute approximate surface area is 92.0 Å². The highest BCUT2D eigenvalue weighted by Crippen LogP contribution is 2.07. The average Bonchev–Trinajstić information content (AvgIpc) is 2.09. The molecule has 0 aromatic heterocycles. The lowest BCUT2D eigenvalue weighted by atomic mass is 10.0. The molecule has 4 heteroatoms. The van der Waals surface area contributed by atoms with Crippen molar-refractivity contribution in [1.82, 2.24) is 5.32 Å². The minimum Gasteiger partial charge on any atom is -0.468 e. The fraction of sp³-hybridized carbons (Fsp3) is 0.909. The fourth-order valence-corrected chi connectivity index (χ4v) is 1.25. The molecule has 0 aliphatic heterocycles. The van der Waals surface area contributed by atoms with E-state index in [1.165, 1.54) is 7.11 Å². The average molecular weight is 217 g/mol. The van der Waals surface area contributed by atoms with E-state index in [4.69, 9.17) is 4.74 Å². The van der Waals surface area contributed by atoms with Crippen molar-refractivity contribution >= 4 is 5.97 Å². The fourth-order valence-electron chi connectivity index (χ4n) is 1.25.